The third kappa shape index (κ3) is 3.88. The number of nitrogens with zero attached hydrogens (tertiary/aromatic N) is 2. The number of carbonyl (C=O) groups is 1. The molecular formula is C21H26ClN3O2. The van der Waals surface area contributed by atoms with E-state index in [0.717, 1.165) is 18.3 Å². The van der Waals surface area contributed by atoms with Gasteiger partial charge in [-0.1, -0.05) is 24.9 Å². The number of hydrogen-bond donors (Lipinski definition) is 1. The molecule has 27 heavy (non-hydrogen) atoms. The molecule has 3 unspecified atom stereocenters. The fraction of sp³-hybridized carbons (Fsp3) is 0.571. The van der Waals surface area contributed by atoms with Crippen LogP contribution < -0.4 is 5.56 Å². The van der Waals surface area contributed by atoms with Crippen molar-refractivity contribution in [3.05, 3.63) is 39.4 Å². The van der Waals surface area contributed by atoms with Crippen molar-refractivity contribution in [2.24, 2.45) is 17.8 Å². The summed E-state index contributed by atoms with van der Waals surface area (Å²) in [4.78, 5) is 34.5. The van der Waals surface area contributed by atoms with Gasteiger partial charge in [-0.25, -0.2) is 4.98 Å². The Balaban J connectivity index is 1.51. The molecule has 0 spiro atoms. The monoisotopic (exact) mass is 387 g/mol. The molecule has 1 N–H and O–H groups in total. The highest BCUT2D eigenvalue weighted by Gasteiger charge is 2.40. The van der Waals surface area contributed by atoms with Crippen molar-refractivity contribution < 1.29 is 4.79 Å². The minimum atomic E-state index is -0.191. The molecule has 2 aliphatic rings. The van der Waals surface area contributed by atoms with E-state index >= 15 is 0 Å². The Kier molecular flexibility index (Phi) is 5.22. The van der Waals surface area contributed by atoms with Crippen molar-refractivity contribution in [1.82, 2.24) is 14.9 Å². The van der Waals surface area contributed by atoms with Crippen LogP contribution in [0.3, 0.4) is 0 Å². The highest BCUT2D eigenvalue weighted by atomic mass is 35.5. The molecule has 1 aromatic heterocycles. The Hall–Kier alpha value is -1.88. The Morgan fingerprint density at radius 2 is 2.19 bits per heavy atom. The summed E-state index contributed by atoms with van der Waals surface area (Å²) in [6.07, 6.45) is 6.67. The number of carbonyl (C=O) groups excluding carboxylic acids is 1. The first kappa shape index (κ1) is 18.5. The number of aromatic amines is 1. The molecule has 1 amide bonds. The van der Waals surface area contributed by atoms with Gasteiger partial charge in [0.15, 0.2) is 0 Å². The Morgan fingerprint density at radius 1 is 1.33 bits per heavy atom. The first-order valence-corrected chi connectivity index (χ1v) is 10.4. The summed E-state index contributed by atoms with van der Waals surface area (Å²) in [5, 5.41) is 1.06. The fourth-order valence-corrected chi connectivity index (χ4v) is 5.12. The maximum Gasteiger partial charge on any atom is 0.258 e. The first-order chi connectivity index (χ1) is 13.0. The van der Waals surface area contributed by atoms with E-state index in [2.05, 4.69) is 16.9 Å². The lowest BCUT2D eigenvalue weighted by molar-refractivity contribution is -0.133. The maximum atomic E-state index is 13.0. The zero-order chi connectivity index (χ0) is 19.0. The average molecular weight is 388 g/mol. The lowest BCUT2D eigenvalue weighted by Crippen LogP contribution is -2.34. The van der Waals surface area contributed by atoms with Crippen molar-refractivity contribution in [3.8, 4) is 0 Å². The van der Waals surface area contributed by atoms with Crippen LogP contribution >= 0.6 is 11.6 Å². The van der Waals surface area contributed by atoms with Crippen molar-refractivity contribution >= 4 is 28.4 Å². The molecule has 0 radical (unpaired) electrons. The highest BCUT2D eigenvalue weighted by Crippen LogP contribution is 2.49. The van der Waals surface area contributed by atoms with Crippen molar-refractivity contribution in [3.63, 3.8) is 0 Å². The van der Waals surface area contributed by atoms with Gasteiger partial charge in [-0.2, -0.15) is 0 Å². The van der Waals surface area contributed by atoms with Crippen LogP contribution in [0.15, 0.2) is 23.0 Å². The second kappa shape index (κ2) is 7.63. The molecule has 1 aromatic carbocycles. The normalized spacial score (nSPS) is 23.9. The van der Waals surface area contributed by atoms with E-state index < -0.39 is 0 Å². The molecule has 2 bridgehead atoms. The minimum Gasteiger partial charge on any atom is -0.335 e. The first-order valence-electron chi connectivity index (χ1n) is 9.99. The topological polar surface area (TPSA) is 66.1 Å². The van der Waals surface area contributed by atoms with Gasteiger partial charge in [0.1, 0.15) is 5.82 Å². The Labute approximate surface area is 164 Å². The Morgan fingerprint density at radius 3 is 2.89 bits per heavy atom. The molecule has 2 aliphatic carbocycles. The third-order valence-electron chi connectivity index (χ3n) is 6.23. The van der Waals surface area contributed by atoms with Gasteiger partial charge in [-0.15, -0.1) is 0 Å². The lowest BCUT2D eigenvalue weighted by atomic mass is 9.86. The number of fused-ring (bicyclic) bond motifs is 3. The van der Waals surface area contributed by atoms with Gasteiger partial charge in [-0.05, 0) is 61.6 Å². The van der Waals surface area contributed by atoms with Crippen LogP contribution in [0.25, 0.3) is 10.9 Å². The summed E-state index contributed by atoms with van der Waals surface area (Å²) in [7, 11) is 0. The average Bonchev–Trinajstić information content (AvgIpc) is 3.24. The maximum absolute atomic E-state index is 13.0. The fourth-order valence-electron chi connectivity index (χ4n) is 4.96. The molecule has 1 heterocycles. The summed E-state index contributed by atoms with van der Waals surface area (Å²) < 4.78 is 0. The molecule has 4 rings (SSSR count). The van der Waals surface area contributed by atoms with E-state index in [1.54, 1.807) is 18.2 Å². The van der Waals surface area contributed by atoms with E-state index in [-0.39, 0.29) is 11.5 Å². The van der Waals surface area contributed by atoms with Gasteiger partial charge in [0.2, 0.25) is 5.91 Å². The number of hydrogen-bond acceptors (Lipinski definition) is 3. The molecule has 5 nitrogen and oxygen atoms in total. The number of aromatic nitrogens is 2. The van der Waals surface area contributed by atoms with Crippen LogP contribution in [0.2, 0.25) is 5.02 Å². The quantitative estimate of drug-likeness (QED) is 0.809. The van der Waals surface area contributed by atoms with Crippen LogP contribution in [0.5, 0.6) is 0 Å². The van der Waals surface area contributed by atoms with Crippen LogP contribution in [-0.2, 0) is 11.3 Å². The van der Waals surface area contributed by atoms with Crippen LogP contribution in [-0.4, -0.2) is 27.3 Å². The van der Waals surface area contributed by atoms with Crippen molar-refractivity contribution in [2.75, 3.05) is 6.54 Å². The van der Waals surface area contributed by atoms with Gasteiger partial charge in [0, 0.05) is 18.0 Å². The Bertz CT molecular complexity index is 910. The zero-order valence-corrected chi connectivity index (χ0v) is 16.5. The second-order valence-electron chi connectivity index (χ2n) is 8.13. The predicted molar refractivity (Wildman–Crippen MR) is 107 cm³/mol. The summed E-state index contributed by atoms with van der Waals surface area (Å²) in [5.41, 5.74) is 0.377. The van der Waals surface area contributed by atoms with E-state index in [1.807, 2.05) is 4.90 Å². The number of amides is 1. The van der Waals surface area contributed by atoms with Crippen LogP contribution in [0.1, 0.15) is 51.3 Å². The van der Waals surface area contributed by atoms with E-state index in [9.17, 15) is 9.59 Å². The van der Waals surface area contributed by atoms with Gasteiger partial charge >= 0.3 is 0 Å². The van der Waals surface area contributed by atoms with Crippen molar-refractivity contribution in [1.29, 1.82) is 0 Å². The molecular weight excluding hydrogens is 362 g/mol. The zero-order valence-electron chi connectivity index (χ0n) is 15.7. The van der Waals surface area contributed by atoms with Gasteiger partial charge in [0.05, 0.1) is 17.4 Å². The largest absolute Gasteiger partial charge is 0.335 e. The number of rotatable bonds is 6. The minimum absolute atomic E-state index is 0.184. The molecule has 2 saturated carbocycles. The summed E-state index contributed by atoms with van der Waals surface area (Å²) in [6, 6.07) is 5.05. The van der Waals surface area contributed by atoms with Gasteiger partial charge in [-0.3, -0.25) is 9.59 Å². The summed E-state index contributed by atoms with van der Waals surface area (Å²) in [6.45, 7) is 3.08. The number of H-pyrrole nitrogens is 1. The molecule has 144 valence electrons. The summed E-state index contributed by atoms with van der Waals surface area (Å²) in [5.74, 6) is 2.82. The third-order valence-corrected chi connectivity index (χ3v) is 6.46. The van der Waals surface area contributed by atoms with Gasteiger partial charge < -0.3 is 9.88 Å². The van der Waals surface area contributed by atoms with Crippen molar-refractivity contribution in [2.45, 2.75) is 52.0 Å². The van der Waals surface area contributed by atoms with Crippen LogP contribution in [0, 0.1) is 17.8 Å². The number of nitrogens with one attached hydrogen (secondary N) is 1. The smallest absolute Gasteiger partial charge is 0.258 e. The molecule has 6 heteroatoms. The molecule has 0 aliphatic heterocycles. The predicted octanol–water partition coefficient (Wildman–Crippen LogP) is 4.14. The lowest BCUT2D eigenvalue weighted by Gasteiger charge is -2.26. The summed E-state index contributed by atoms with van der Waals surface area (Å²) >= 11 is 6.04. The molecule has 2 fully saturated rings. The second-order valence-corrected chi connectivity index (χ2v) is 8.56. The van der Waals surface area contributed by atoms with Gasteiger partial charge in [0.25, 0.3) is 5.56 Å². The van der Waals surface area contributed by atoms with Crippen LogP contribution in [0.4, 0.5) is 0 Å². The van der Waals surface area contributed by atoms with E-state index in [0.29, 0.717) is 47.2 Å². The van der Waals surface area contributed by atoms with E-state index in [1.165, 1.54) is 25.7 Å². The SMILES string of the molecule is CCCN(Cc1nc2cc(Cl)ccc2c(=O)[nH]1)C(=O)CC1CC2CCC1C2. The number of halogens is 1. The highest BCUT2D eigenvalue weighted by molar-refractivity contribution is 6.31. The molecule has 3 atom stereocenters. The standard InChI is InChI=1S/C21H26ClN3O2/c1-2-7-25(20(26)10-15-9-13-3-4-14(15)8-13)12-19-23-18-11-16(22)5-6-17(18)21(27)24-19/h5-6,11,13-15H,2-4,7-10,12H2,1H3,(H,23,24,27). The van der Waals surface area contributed by atoms with E-state index in [4.69, 9.17) is 11.6 Å². The molecule has 0 saturated heterocycles. The molecule has 2 aromatic rings. The number of benzene rings is 1.